The van der Waals surface area contributed by atoms with Crippen LogP contribution >= 0.6 is 0 Å². The van der Waals surface area contributed by atoms with Gasteiger partial charge in [-0.25, -0.2) is 4.39 Å². The molecule has 0 saturated carbocycles. The first-order valence-electron chi connectivity index (χ1n) is 5.35. The number of hydrogen-bond donors (Lipinski definition) is 2. The molecule has 0 aromatic heterocycles. The van der Waals surface area contributed by atoms with Crippen LogP contribution in [0.25, 0.3) is 0 Å². The standard InChI is InChI=1S/C12H19FN2/c1-9(2)3-8-12(15-14)10-4-6-11(13)7-5-10/h4-7,9,12,15H,3,8,14H2,1-2H3. The number of hydrazine groups is 1. The Morgan fingerprint density at radius 3 is 2.27 bits per heavy atom. The van der Waals surface area contributed by atoms with E-state index in [1.54, 1.807) is 12.1 Å². The molecular formula is C12H19FN2. The van der Waals surface area contributed by atoms with Crippen LogP contribution in [-0.4, -0.2) is 0 Å². The fourth-order valence-electron chi connectivity index (χ4n) is 1.54. The Morgan fingerprint density at radius 2 is 1.80 bits per heavy atom. The van der Waals surface area contributed by atoms with Gasteiger partial charge in [-0.05, 0) is 36.5 Å². The summed E-state index contributed by atoms with van der Waals surface area (Å²) in [6.45, 7) is 4.36. The first-order chi connectivity index (χ1) is 7.13. The average molecular weight is 210 g/mol. The largest absolute Gasteiger partial charge is 0.271 e. The maximum atomic E-state index is 12.7. The van der Waals surface area contributed by atoms with Crippen molar-refractivity contribution in [2.45, 2.75) is 32.7 Å². The van der Waals surface area contributed by atoms with Gasteiger partial charge < -0.3 is 0 Å². The quantitative estimate of drug-likeness (QED) is 0.579. The number of rotatable bonds is 5. The lowest BCUT2D eigenvalue weighted by Crippen LogP contribution is -2.28. The van der Waals surface area contributed by atoms with Crippen molar-refractivity contribution in [3.63, 3.8) is 0 Å². The van der Waals surface area contributed by atoms with Crippen LogP contribution in [0, 0.1) is 11.7 Å². The molecule has 0 bridgehead atoms. The van der Waals surface area contributed by atoms with E-state index in [9.17, 15) is 4.39 Å². The molecule has 84 valence electrons. The van der Waals surface area contributed by atoms with Gasteiger partial charge in [0.15, 0.2) is 0 Å². The molecule has 1 rings (SSSR count). The second-order valence-corrected chi connectivity index (χ2v) is 4.24. The van der Waals surface area contributed by atoms with Crippen molar-refractivity contribution in [3.8, 4) is 0 Å². The number of hydrogen-bond acceptors (Lipinski definition) is 2. The lowest BCUT2D eigenvalue weighted by molar-refractivity contribution is 0.448. The van der Waals surface area contributed by atoms with Crippen LogP contribution < -0.4 is 11.3 Å². The minimum absolute atomic E-state index is 0.119. The zero-order valence-electron chi connectivity index (χ0n) is 9.33. The third kappa shape index (κ3) is 3.98. The molecule has 1 aromatic carbocycles. The molecule has 0 fully saturated rings. The van der Waals surface area contributed by atoms with Gasteiger partial charge in [-0.3, -0.25) is 11.3 Å². The molecule has 0 aliphatic carbocycles. The van der Waals surface area contributed by atoms with E-state index >= 15 is 0 Å². The maximum Gasteiger partial charge on any atom is 0.123 e. The zero-order chi connectivity index (χ0) is 11.3. The summed E-state index contributed by atoms with van der Waals surface area (Å²) >= 11 is 0. The number of halogens is 1. The molecule has 0 saturated heterocycles. The van der Waals surface area contributed by atoms with Crippen molar-refractivity contribution in [2.75, 3.05) is 0 Å². The van der Waals surface area contributed by atoms with Gasteiger partial charge >= 0.3 is 0 Å². The minimum Gasteiger partial charge on any atom is -0.271 e. The first-order valence-corrected chi connectivity index (χ1v) is 5.35. The van der Waals surface area contributed by atoms with Crippen molar-refractivity contribution in [2.24, 2.45) is 11.8 Å². The van der Waals surface area contributed by atoms with Gasteiger partial charge in [-0.15, -0.1) is 0 Å². The molecule has 3 N–H and O–H groups in total. The highest BCUT2D eigenvalue weighted by atomic mass is 19.1. The predicted octanol–water partition coefficient (Wildman–Crippen LogP) is 2.77. The summed E-state index contributed by atoms with van der Waals surface area (Å²) in [6.07, 6.45) is 2.08. The highest BCUT2D eigenvalue weighted by Gasteiger charge is 2.09. The Balaban J connectivity index is 2.61. The second-order valence-electron chi connectivity index (χ2n) is 4.24. The summed E-state index contributed by atoms with van der Waals surface area (Å²) < 4.78 is 12.7. The van der Waals surface area contributed by atoms with Crippen LogP contribution in [0.5, 0.6) is 0 Å². The number of nitrogens with one attached hydrogen (secondary N) is 1. The highest BCUT2D eigenvalue weighted by molar-refractivity contribution is 5.19. The molecular weight excluding hydrogens is 191 g/mol. The van der Waals surface area contributed by atoms with Crippen LogP contribution in [0.3, 0.4) is 0 Å². The van der Waals surface area contributed by atoms with E-state index in [2.05, 4.69) is 19.3 Å². The summed E-state index contributed by atoms with van der Waals surface area (Å²) in [4.78, 5) is 0. The van der Waals surface area contributed by atoms with Gasteiger partial charge in [0.1, 0.15) is 5.82 Å². The molecule has 0 aliphatic heterocycles. The SMILES string of the molecule is CC(C)CCC(NN)c1ccc(F)cc1. The molecule has 2 nitrogen and oxygen atoms in total. The summed E-state index contributed by atoms with van der Waals surface area (Å²) in [7, 11) is 0. The molecule has 1 atom stereocenters. The van der Waals surface area contributed by atoms with Gasteiger partial charge in [0.2, 0.25) is 0 Å². The average Bonchev–Trinajstić information content (AvgIpc) is 2.21. The molecule has 1 aromatic rings. The number of nitrogens with two attached hydrogens (primary N) is 1. The highest BCUT2D eigenvalue weighted by Crippen LogP contribution is 2.20. The van der Waals surface area contributed by atoms with Crippen LogP contribution in [0.1, 0.15) is 38.3 Å². The third-order valence-electron chi connectivity index (χ3n) is 2.51. The van der Waals surface area contributed by atoms with E-state index < -0.39 is 0 Å². The van der Waals surface area contributed by atoms with Gasteiger partial charge in [0.25, 0.3) is 0 Å². The molecule has 3 heteroatoms. The van der Waals surface area contributed by atoms with Crippen LogP contribution in [-0.2, 0) is 0 Å². The Morgan fingerprint density at radius 1 is 1.20 bits per heavy atom. The molecule has 0 radical (unpaired) electrons. The lowest BCUT2D eigenvalue weighted by Gasteiger charge is -2.17. The topological polar surface area (TPSA) is 38.0 Å². The molecule has 15 heavy (non-hydrogen) atoms. The summed E-state index contributed by atoms with van der Waals surface area (Å²) in [6, 6.07) is 6.61. The molecule has 0 spiro atoms. The summed E-state index contributed by atoms with van der Waals surface area (Å²) in [5.74, 6) is 5.93. The Kier molecular flexibility index (Phi) is 4.72. The van der Waals surface area contributed by atoms with Crippen molar-refractivity contribution in [3.05, 3.63) is 35.6 Å². The molecule has 0 aliphatic rings. The smallest absolute Gasteiger partial charge is 0.123 e. The van der Waals surface area contributed by atoms with E-state index in [1.165, 1.54) is 12.1 Å². The first kappa shape index (κ1) is 12.1. The monoisotopic (exact) mass is 210 g/mol. The fourth-order valence-corrected chi connectivity index (χ4v) is 1.54. The summed E-state index contributed by atoms with van der Waals surface area (Å²) in [5, 5.41) is 0. The van der Waals surface area contributed by atoms with Gasteiger partial charge in [-0.1, -0.05) is 26.0 Å². The van der Waals surface area contributed by atoms with E-state index in [0.29, 0.717) is 5.92 Å². The van der Waals surface area contributed by atoms with Crippen molar-refractivity contribution in [1.29, 1.82) is 0 Å². The molecule has 1 unspecified atom stereocenters. The molecule has 0 amide bonds. The van der Waals surface area contributed by atoms with Crippen molar-refractivity contribution >= 4 is 0 Å². The Bertz CT molecular complexity index is 282. The Labute approximate surface area is 90.6 Å². The van der Waals surface area contributed by atoms with Crippen LogP contribution in [0.15, 0.2) is 24.3 Å². The second kappa shape index (κ2) is 5.83. The normalized spacial score (nSPS) is 13.1. The Hall–Kier alpha value is -0.930. The van der Waals surface area contributed by atoms with Crippen LogP contribution in [0.2, 0.25) is 0 Å². The van der Waals surface area contributed by atoms with E-state index in [4.69, 9.17) is 5.84 Å². The number of benzene rings is 1. The predicted molar refractivity (Wildman–Crippen MR) is 60.5 cm³/mol. The third-order valence-corrected chi connectivity index (χ3v) is 2.51. The maximum absolute atomic E-state index is 12.7. The lowest BCUT2D eigenvalue weighted by atomic mass is 9.98. The van der Waals surface area contributed by atoms with E-state index in [0.717, 1.165) is 18.4 Å². The molecule has 0 heterocycles. The minimum atomic E-state index is -0.210. The zero-order valence-corrected chi connectivity index (χ0v) is 9.33. The summed E-state index contributed by atoms with van der Waals surface area (Å²) in [5.41, 5.74) is 3.81. The fraction of sp³-hybridized carbons (Fsp3) is 0.500. The van der Waals surface area contributed by atoms with E-state index in [1.807, 2.05) is 0 Å². The van der Waals surface area contributed by atoms with Gasteiger partial charge in [0, 0.05) is 6.04 Å². The van der Waals surface area contributed by atoms with Gasteiger partial charge in [-0.2, -0.15) is 0 Å². The van der Waals surface area contributed by atoms with Gasteiger partial charge in [0.05, 0.1) is 0 Å². The van der Waals surface area contributed by atoms with E-state index in [-0.39, 0.29) is 11.9 Å². The van der Waals surface area contributed by atoms with Crippen LogP contribution in [0.4, 0.5) is 4.39 Å². The van der Waals surface area contributed by atoms with Crippen molar-refractivity contribution < 1.29 is 4.39 Å². The van der Waals surface area contributed by atoms with Crippen molar-refractivity contribution in [1.82, 2.24) is 5.43 Å².